The van der Waals surface area contributed by atoms with Crippen molar-refractivity contribution >= 4 is 35.0 Å². The largest absolute Gasteiger partial charge is 0.286 e. The molecule has 0 N–H and O–H groups in total. The number of β-lactam (4-membered cyclic amide) rings is 4. The maximum Gasteiger partial charge on any atom is 0.286 e. The SMILES string of the molecule is Cc1ccccc1N1C(=O)C2(C(=O)N(c3[c-]cccc3)C2=O)C1=O.[Y]. The number of para-hydroxylation sites is 2. The molecule has 0 bridgehead atoms. The van der Waals surface area contributed by atoms with E-state index in [1.165, 1.54) is 6.07 Å². The van der Waals surface area contributed by atoms with Gasteiger partial charge in [-0.25, -0.2) is 4.90 Å². The Balaban J connectivity index is 0.00000182. The maximum atomic E-state index is 12.6. The van der Waals surface area contributed by atoms with E-state index in [0.717, 1.165) is 9.80 Å². The van der Waals surface area contributed by atoms with Gasteiger partial charge in [0.25, 0.3) is 29.0 Å². The number of hydrogen-bond donors (Lipinski definition) is 0. The number of carbonyl (C=O) groups excluding carboxylic acids is 4. The Morgan fingerprint density at radius 3 is 1.92 bits per heavy atom. The Labute approximate surface area is 168 Å². The molecule has 121 valence electrons. The van der Waals surface area contributed by atoms with Gasteiger partial charge in [0.15, 0.2) is 0 Å². The minimum atomic E-state index is -2.20. The summed E-state index contributed by atoms with van der Waals surface area (Å²) in [7, 11) is 0. The molecule has 2 aliphatic heterocycles. The van der Waals surface area contributed by atoms with E-state index in [0.29, 0.717) is 11.3 Å². The molecule has 25 heavy (non-hydrogen) atoms. The van der Waals surface area contributed by atoms with Crippen molar-refractivity contribution in [2.75, 3.05) is 9.80 Å². The first kappa shape index (κ1) is 17.6. The number of nitrogens with zero attached hydrogens (tertiary/aromatic N) is 2. The normalized spacial score (nSPS) is 18.0. The Bertz CT molecular complexity index is 892. The third kappa shape index (κ3) is 2.04. The van der Waals surface area contributed by atoms with Crippen molar-refractivity contribution in [2.24, 2.45) is 5.41 Å². The number of rotatable bonds is 2. The van der Waals surface area contributed by atoms with Crippen molar-refractivity contribution in [3.8, 4) is 0 Å². The van der Waals surface area contributed by atoms with Crippen molar-refractivity contribution in [2.45, 2.75) is 6.92 Å². The number of amides is 4. The van der Waals surface area contributed by atoms with E-state index in [-0.39, 0.29) is 38.4 Å². The Morgan fingerprint density at radius 2 is 1.36 bits per heavy atom. The van der Waals surface area contributed by atoms with Crippen LogP contribution in [0.3, 0.4) is 0 Å². The van der Waals surface area contributed by atoms with Gasteiger partial charge in [0.05, 0.1) is 5.69 Å². The van der Waals surface area contributed by atoms with Gasteiger partial charge < -0.3 is 0 Å². The van der Waals surface area contributed by atoms with Crippen LogP contribution in [0, 0.1) is 18.4 Å². The van der Waals surface area contributed by atoms with Gasteiger partial charge in [0.2, 0.25) is 0 Å². The molecule has 1 radical (unpaired) electrons. The summed E-state index contributed by atoms with van der Waals surface area (Å²) in [4.78, 5) is 51.8. The zero-order valence-electron chi connectivity index (χ0n) is 13.2. The van der Waals surface area contributed by atoms with E-state index in [9.17, 15) is 19.2 Å². The fourth-order valence-electron chi connectivity index (χ4n) is 3.07. The molecule has 2 aliphatic rings. The molecule has 0 atom stereocenters. The predicted octanol–water partition coefficient (Wildman–Crippen LogP) is 1.23. The molecular weight excluding hydrogens is 397 g/mol. The molecule has 6 nitrogen and oxygen atoms in total. The fraction of sp³-hybridized carbons (Fsp3) is 0.111. The van der Waals surface area contributed by atoms with Crippen LogP contribution in [0.15, 0.2) is 48.5 Å². The number of aryl methyl sites for hydroxylation is 1. The molecule has 0 aromatic heterocycles. The molecule has 2 saturated heterocycles. The van der Waals surface area contributed by atoms with Crippen LogP contribution in [0.5, 0.6) is 0 Å². The van der Waals surface area contributed by atoms with Crippen LogP contribution in [0.4, 0.5) is 11.4 Å². The van der Waals surface area contributed by atoms with Crippen LogP contribution in [0.1, 0.15) is 5.56 Å². The van der Waals surface area contributed by atoms with E-state index in [1.54, 1.807) is 49.4 Å². The average Bonchev–Trinajstić information content (AvgIpc) is 2.58. The van der Waals surface area contributed by atoms with Crippen molar-refractivity contribution in [1.29, 1.82) is 0 Å². The summed E-state index contributed by atoms with van der Waals surface area (Å²) in [5, 5.41) is 0. The smallest absolute Gasteiger partial charge is 0.272 e. The molecule has 4 rings (SSSR count). The predicted molar refractivity (Wildman–Crippen MR) is 83.9 cm³/mol. The summed E-state index contributed by atoms with van der Waals surface area (Å²) in [5.41, 5.74) is -0.871. The number of hydrogen-bond acceptors (Lipinski definition) is 4. The Morgan fingerprint density at radius 1 is 0.800 bits per heavy atom. The van der Waals surface area contributed by atoms with Crippen molar-refractivity contribution < 1.29 is 51.9 Å². The van der Waals surface area contributed by atoms with E-state index in [2.05, 4.69) is 6.07 Å². The zero-order valence-corrected chi connectivity index (χ0v) is 16.1. The summed E-state index contributed by atoms with van der Waals surface area (Å²) < 4.78 is 0. The number of carbonyl (C=O) groups is 4. The van der Waals surface area contributed by atoms with Crippen LogP contribution < -0.4 is 9.80 Å². The minimum absolute atomic E-state index is 0. The van der Waals surface area contributed by atoms with Crippen molar-refractivity contribution in [1.82, 2.24) is 0 Å². The molecule has 0 saturated carbocycles. The number of imide groups is 2. The number of anilines is 2. The molecular formula is C18H11N2O4Y-. The van der Waals surface area contributed by atoms with Gasteiger partial charge in [-0.05, 0) is 18.6 Å². The van der Waals surface area contributed by atoms with Crippen LogP contribution in [-0.2, 0) is 51.9 Å². The summed E-state index contributed by atoms with van der Waals surface area (Å²) >= 11 is 0. The Kier molecular flexibility index (Phi) is 4.21. The Hall–Kier alpha value is -2.18. The van der Waals surface area contributed by atoms with Gasteiger partial charge in [-0.1, -0.05) is 23.9 Å². The van der Waals surface area contributed by atoms with Crippen LogP contribution in [0.25, 0.3) is 0 Å². The van der Waals surface area contributed by atoms with E-state index in [4.69, 9.17) is 0 Å². The topological polar surface area (TPSA) is 74.8 Å². The molecule has 2 heterocycles. The van der Waals surface area contributed by atoms with Gasteiger partial charge in [-0.2, -0.15) is 24.3 Å². The second-order valence-electron chi connectivity index (χ2n) is 5.68. The minimum Gasteiger partial charge on any atom is -0.272 e. The fourth-order valence-corrected chi connectivity index (χ4v) is 3.07. The standard InChI is InChI=1S/C18H11N2O4.Y/c1-11-7-5-6-10-13(11)20-16(23)18(17(20)24)14(21)19(15(18)22)12-8-3-2-4-9-12;/h2-8,10H,1H3;/q-1;. The summed E-state index contributed by atoms with van der Waals surface area (Å²) in [5.74, 6) is -3.20. The van der Waals surface area contributed by atoms with Gasteiger partial charge in [-0.3, -0.25) is 24.1 Å². The molecule has 2 aromatic rings. The van der Waals surface area contributed by atoms with Gasteiger partial charge >= 0.3 is 0 Å². The summed E-state index contributed by atoms with van der Waals surface area (Å²) in [6.07, 6.45) is 0. The molecule has 2 fully saturated rings. The molecule has 1 spiro atoms. The second kappa shape index (κ2) is 5.97. The molecule has 4 amide bonds. The van der Waals surface area contributed by atoms with E-state index >= 15 is 0 Å². The monoisotopic (exact) mass is 408 g/mol. The third-order valence-electron chi connectivity index (χ3n) is 4.39. The molecule has 7 heteroatoms. The molecule has 0 unspecified atom stereocenters. The van der Waals surface area contributed by atoms with Crippen molar-refractivity contribution in [3.63, 3.8) is 0 Å². The second-order valence-corrected chi connectivity index (χ2v) is 5.68. The zero-order chi connectivity index (χ0) is 17.1. The third-order valence-corrected chi connectivity index (χ3v) is 4.39. The van der Waals surface area contributed by atoms with E-state index in [1.807, 2.05) is 0 Å². The first-order chi connectivity index (χ1) is 11.5. The van der Waals surface area contributed by atoms with Gasteiger partial charge in [0, 0.05) is 32.7 Å². The number of benzene rings is 2. The van der Waals surface area contributed by atoms with Gasteiger partial charge in [0.1, 0.15) is 0 Å². The summed E-state index contributed by atoms with van der Waals surface area (Å²) in [6.45, 7) is 1.75. The van der Waals surface area contributed by atoms with Crippen LogP contribution in [0.2, 0.25) is 0 Å². The molecule has 0 aliphatic carbocycles. The van der Waals surface area contributed by atoms with Crippen LogP contribution >= 0.6 is 0 Å². The first-order valence-corrected chi connectivity index (χ1v) is 7.31. The maximum absolute atomic E-state index is 12.6. The first-order valence-electron chi connectivity index (χ1n) is 7.31. The van der Waals surface area contributed by atoms with E-state index < -0.39 is 29.0 Å². The van der Waals surface area contributed by atoms with Crippen molar-refractivity contribution in [3.05, 3.63) is 60.2 Å². The van der Waals surface area contributed by atoms with Gasteiger partial charge in [-0.15, -0.1) is 6.07 Å². The summed E-state index contributed by atoms with van der Waals surface area (Å²) in [6, 6.07) is 16.0. The van der Waals surface area contributed by atoms with Crippen LogP contribution in [-0.4, -0.2) is 23.6 Å². The quantitative estimate of drug-likeness (QED) is 0.426. The average molecular weight is 408 g/mol. The molecule has 2 aromatic carbocycles.